The highest BCUT2D eigenvalue weighted by Gasteiger charge is 2.05. The minimum absolute atomic E-state index is 0.277. The monoisotopic (exact) mass is 240 g/mol. The first-order valence-electron chi connectivity index (χ1n) is 4.37. The molecular formula is C11H9ClO4. The number of aliphatic hydroxyl groups is 1. The number of halogens is 1. The third kappa shape index (κ3) is 3.81. The van der Waals surface area contributed by atoms with E-state index in [1.165, 1.54) is 6.07 Å². The fourth-order valence-electron chi connectivity index (χ4n) is 0.993. The van der Waals surface area contributed by atoms with Crippen LogP contribution in [-0.4, -0.2) is 29.4 Å². The quantitative estimate of drug-likeness (QED) is 0.778. The van der Waals surface area contributed by atoms with Gasteiger partial charge in [-0.15, -0.1) is 0 Å². The molecule has 16 heavy (non-hydrogen) atoms. The minimum Gasteiger partial charge on any atom is -0.481 e. The lowest BCUT2D eigenvalue weighted by molar-refractivity contribution is -0.139. The highest BCUT2D eigenvalue weighted by Crippen LogP contribution is 2.22. The number of benzene rings is 1. The number of carboxylic acids is 1. The van der Waals surface area contributed by atoms with Gasteiger partial charge in [-0.2, -0.15) is 0 Å². The molecule has 0 bridgehead atoms. The molecule has 0 aromatic heterocycles. The van der Waals surface area contributed by atoms with E-state index in [2.05, 4.69) is 11.8 Å². The minimum atomic E-state index is -1.08. The van der Waals surface area contributed by atoms with Gasteiger partial charge in [0, 0.05) is 11.1 Å². The number of rotatable bonds is 3. The van der Waals surface area contributed by atoms with Crippen molar-refractivity contribution in [3.63, 3.8) is 0 Å². The normalized spacial score (nSPS) is 9.12. The van der Waals surface area contributed by atoms with Gasteiger partial charge in [0.25, 0.3) is 0 Å². The number of carboxylic acid groups (broad SMARTS) is 1. The number of ether oxygens (including phenoxy) is 1. The third-order valence-corrected chi connectivity index (χ3v) is 1.83. The summed E-state index contributed by atoms with van der Waals surface area (Å²) in [6.45, 7) is -0.741. The van der Waals surface area contributed by atoms with Crippen molar-refractivity contribution in [2.45, 2.75) is 0 Å². The van der Waals surface area contributed by atoms with E-state index in [1.54, 1.807) is 12.1 Å². The molecule has 4 nitrogen and oxygen atoms in total. The second kappa shape index (κ2) is 6.01. The first-order valence-corrected chi connectivity index (χ1v) is 4.75. The second-order valence-electron chi connectivity index (χ2n) is 2.78. The van der Waals surface area contributed by atoms with Crippen molar-refractivity contribution >= 4 is 17.6 Å². The molecule has 0 saturated carbocycles. The van der Waals surface area contributed by atoms with Crippen molar-refractivity contribution in [3.8, 4) is 17.6 Å². The molecule has 1 aromatic rings. The molecule has 0 fully saturated rings. The predicted octanol–water partition coefficient (Wildman–Crippen LogP) is 1.15. The topological polar surface area (TPSA) is 66.8 Å². The van der Waals surface area contributed by atoms with E-state index >= 15 is 0 Å². The molecule has 0 unspecified atom stereocenters. The molecule has 0 heterocycles. The maximum absolute atomic E-state index is 10.3. The number of hydrogen-bond acceptors (Lipinski definition) is 3. The first kappa shape index (κ1) is 12.4. The van der Waals surface area contributed by atoms with E-state index in [0.29, 0.717) is 10.6 Å². The van der Waals surface area contributed by atoms with Gasteiger partial charge in [-0.05, 0) is 12.1 Å². The zero-order valence-electron chi connectivity index (χ0n) is 8.24. The van der Waals surface area contributed by atoms with Crippen LogP contribution in [0.25, 0.3) is 0 Å². The Bertz CT molecular complexity index is 445. The molecule has 0 saturated heterocycles. The van der Waals surface area contributed by atoms with E-state index < -0.39 is 12.6 Å². The average Bonchev–Trinajstić information content (AvgIpc) is 2.25. The summed E-state index contributed by atoms with van der Waals surface area (Å²) in [7, 11) is 0. The van der Waals surface area contributed by atoms with Gasteiger partial charge in [-0.25, -0.2) is 4.79 Å². The van der Waals surface area contributed by atoms with Gasteiger partial charge in [-0.3, -0.25) is 0 Å². The standard InChI is InChI=1S/C11H9ClO4/c12-9-4-3-8(2-1-5-13)10(6-9)16-7-11(14)15/h3-4,6,13H,5,7H2,(H,14,15). The van der Waals surface area contributed by atoms with Crippen LogP contribution in [0.15, 0.2) is 18.2 Å². The molecule has 2 N–H and O–H groups in total. The lowest BCUT2D eigenvalue weighted by Crippen LogP contribution is -2.10. The fourth-order valence-corrected chi connectivity index (χ4v) is 1.16. The van der Waals surface area contributed by atoms with Crippen molar-refractivity contribution in [2.24, 2.45) is 0 Å². The molecule has 1 aromatic carbocycles. The number of aliphatic carboxylic acids is 1. The Morgan fingerprint density at radius 2 is 2.25 bits per heavy atom. The van der Waals surface area contributed by atoms with E-state index in [9.17, 15) is 4.79 Å². The molecule has 0 spiro atoms. The molecular weight excluding hydrogens is 232 g/mol. The summed E-state index contributed by atoms with van der Waals surface area (Å²) in [4.78, 5) is 10.3. The predicted molar refractivity (Wildman–Crippen MR) is 58.5 cm³/mol. The number of hydrogen-bond donors (Lipinski definition) is 2. The van der Waals surface area contributed by atoms with Gasteiger partial charge in [0.05, 0.1) is 5.56 Å². The fraction of sp³-hybridized carbons (Fsp3) is 0.182. The Kier molecular flexibility index (Phi) is 4.65. The SMILES string of the molecule is O=C(O)COc1cc(Cl)ccc1C#CCO. The Hall–Kier alpha value is -1.70. The Morgan fingerprint density at radius 1 is 1.50 bits per heavy atom. The number of aliphatic hydroxyl groups excluding tert-OH is 1. The molecule has 0 amide bonds. The highest BCUT2D eigenvalue weighted by atomic mass is 35.5. The van der Waals surface area contributed by atoms with Crippen LogP contribution in [0, 0.1) is 11.8 Å². The molecule has 0 aliphatic carbocycles. The van der Waals surface area contributed by atoms with E-state index in [-0.39, 0.29) is 12.4 Å². The summed E-state index contributed by atoms with van der Waals surface area (Å²) < 4.78 is 5.01. The number of carbonyl (C=O) groups is 1. The summed E-state index contributed by atoms with van der Waals surface area (Å²) in [5.41, 5.74) is 0.486. The smallest absolute Gasteiger partial charge is 0.341 e. The summed E-state index contributed by atoms with van der Waals surface area (Å²) in [6, 6.07) is 4.69. The highest BCUT2D eigenvalue weighted by molar-refractivity contribution is 6.30. The molecule has 5 heteroatoms. The second-order valence-corrected chi connectivity index (χ2v) is 3.22. The maximum Gasteiger partial charge on any atom is 0.341 e. The lowest BCUT2D eigenvalue weighted by Gasteiger charge is -2.05. The largest absolute Gasteiger partial charge is 0.481 e. The average molecular weight is 241 g/mol. The van der Waals surface area contributed by atoms with Crippen LogP contribution in [0.4, 0.5) is 0 Å². The molecule has 1 rings (SSSR count). The van der Waals surface area contributed by atoms with E-state index in [0.717, 1.165) is 0 Å². The van der Waals surface area contributed by atoms with Gasteiger partial charge in [-0.1, -0.05) is 23.4 Å². The van der Waals surface area contributed by atoms with Crippen molar-refractivity contribution in [3.05, 3.63) is 28.8 Å². The van der Waals surface area contributed by atoms with Crippen LogP contribution in [-0.2, 0) is 4.79 Å². The van der Waals surface area contributed by atoms with Crippen LogP contribution in [0.3, 0.4) is 0 Å². The maximum atomic E-state index is 10.3. The Morgan fingerprint density at radius 3 is 2.88 bits per heavy atom. The molecule has 0 radical (unpaired) electrons. The van der Waals surface area contributed by atoms with Crippen molar-refractivity contribution in [1.29, 1.82) is 0 Å². The summed E-state index contributed by atoms with van der Waals surface area (Å²) in [5, 5.41) is 17.5. The van der Waals surface area contributed by atoms with Crippen molar-refractivity contribution in [1.82, 2.24) is 0 Å². The third-order valence-electron chi connectivity index (χ3n) is 1.60. The van der Waals surface area contributed by atoms with Gasteiger partial charge in [0.1, 0.15) is 12.4 Å². The molecule has 0 aliphatic rings. The van der Waals surface area contributed by atoms with E-state index in [1.807, 2.05) is 0 Å². The zero-order valence-corrected chi connectivity index (χ0v) is 8.99. The van der Waals surface area contributed by atoms with Crippen LogP contribution >= 0.6 is 11.6 Å². The lowest BCUT2D eigenvalue weighted by atomic mass is 10.2. The van der Waals surface area contributed by atoms with Crippen LogP contribution in [0.5, 0.6) is 5.75 Å². The molecule has 84 valence electrons. The summed E-state index contributed by atoms with van der Waals surface area (Å²) in [5.74, 6) is 4.29. The molecule has 0 atom stereocenters. The van der Waals surface area contributed by atoms with Crippen LogP contribution < -0.4 is 4.74 Å². The van der Waals surface area contributed by atoms with Gasteiger partial charge < -0.3 is 14.9 Å². The zero-order chi connectivity index (χ0) is 12.0. The Labute approximate surface area is 97.4 Å². The van der Waals surface area contributed by atoms with Gasteiger partial charge in [0.15, 0.2) is 6.61 Å². The Balaban J connectivity index is 2.93. The van der Waals surface area contributed by atoms with Crippen molar-refractivity contribution in [2.75, 3.05) is 13.2 Å². The van der Waals surface area contributed by atoms with Crippen LogP contribution in [0.1, 0.15) is 5.56 Å². The van der Waals surface area contributed by atoms with Crippen molar-refractivity contribution < 1.29 is 19.7 Å². The van der Waals surface area contributed by atoms with Crippen LogP contribution in [0.2, 0.25) is 5.02 Å². The van der Waals surface area contributed by atoms with Gasteiger partial charge in [0.2, 0.25) is 0 Å². The summed E-state index contributed by atoms with van der Waals surface area (Å²) in [6.07, 6.45) is 0. The van der Waals surface area contributed by atoms with Gasteiger partial charge >= 0.3 is 5.97 Å². The summed E-state index contributed by atoms with van der Waals surface area (Å²) >= 11 is 5.74. The van der Waals surface area contributed by atoms with E-state index in [4.69, 9.17) is 26.6 Å². The first-order chi connectivity index (χ1) is 7.63. The molecule has 0 aliphatic heterocycles.